The van der Waals surface area contributed by atoms with Gasteiger partial charge >= 0.3 is 5.97 Å². The predicted molar refractivity (Wildman–Crippen MR) is 85.5 cm³/mol. The third kappa shape index (κ3) is 2.48. The average Bonchev–Trinajstić information content (AvgIpc) is 2.54. The van der Waals surface area contributed by atoms with E-state index in [-0.39, 0.29) is 11.9 Å². The fraction of sp³-hybridized carbons (Fsp3) is 0.222. The molecule has 0 aliphatic carbocycles. The first-order valence-corrected chi connectivity index (χ1v) is 7.37. The lowest BCUT2D eigenvalue weighted by molar-refractivity contribution is -0.138. The number of hydrogen-bond acceptors (Lipinski definition) is 4. The van der Waals surface area contributed by atoms with E-state index in [1.807, 2.05) is 56.3 Å². The number of carbonyl (C=O) groups excluding carboxylic acids is 1. The highest BCUT2D eigenvalue weighted by Gasteiger charge is 2.33. The summed E-state index contributed by atoms with van der Waals surface area (Å²) in [4.78, 5) is 16.8. The molecule has 0 radical (unpaired) electrons. The second kappa shape index (κ2) is 6.02. The van der Waals surface area contributed by atoms with Crippen molar-refractivity contribution in [3.8, 4) is 0 Å². The first kappa shape index (κ1) is 14.3. The lowest BCUT2D eigenvalue weighted by Crippen LogP contribution is -2.25. The molecule has 2 aromatic rings. The van der Waals surface area contributed by atoms with E-state index in [1.165, 1.54) is 0 Å². The molecule has 0 bridgehead atoms. The molecule has 1 aliphatic heterocycles. The fourth-order valence-corrected chi connectivity index (χ4v) is 2.84. The Bertz CT molecular complexity index is 723. The molecule has 1 aromatic heterocycles. The van der Waals surface area contributed by atoms with Crippen molar-refractivity contribution in [3.05, 3.63) is 71.1 Å². The highest BCUT2D eigenvalue weighted by Crippen LogP contribution is 2.40. The SMILES string of the molecule is CCOC(=O)C1=C(C)Nc2ncccc2C1c1ccccc1. The molecule has 1 N–H and O–H groups in total. The van der Waals surface area contributed by atoms with Gasteiger partial charge in [0.15, 0.2) is 0 Å². The lowest BCUT2D eigenvalue weighted by atomic mass is 9.82. The Morgan fingerprint density at radius 2 is 2.00 bits per heavy atom. The molecule has 1 unspecified atom stereocenters. The van der Waals surface area contributed by atoms with Crippen molar-refractivity contribution in [1.29, 1.82) is 0 Å². The van der Waals surface area contributed by atoms with Crippen LogP contribution in [0.5, 0.6) is 0 Å². The molecule has 1 atom stereocenters. The Labute approximate surface area is 129 Å². The Kier molecular flexibility index (Phi) is 3.92. The number of nitrogens with zero attached hydrogens (tertiary/aromatic N) is 1. The Hall–Kier alpha value is -2.62. The monoisotopic (exact) mass is 294 g/mol. The highest BCUT2D eigenvalue weighted by molar-refractivity contribution is 5.94. The first-order chi connectivity index (χ1) is 10.7. The minimum atomic E-state index is -0.282. The summed E-state index contributed by atoms with van der Waals surface area (Å²) in [5.41, 5.74) is 3.48. The molecule has 1 aliphatic rings. The van der Waals surface area contributed by atoms with Gasteiger partial charge in [0.05, 0.1) is 12.2 Å². The topological polar surface area (TPSA) is 51.2 Å². The first-order valence-electron chi connectivity index (χ1n) is 7.37. The largest absolute Gasteiger partial charge is 0.463 e. The van der Waals surface area contributed by atoms with E-state index in [0.29, 0.717) is 12.2 Å². The van der Waals surface area contributed by atoms with Crippen LogP contribution in [0.2, 0.25) is 0 Å². The Morgan fingerprint density at radius 1 is 1.23 bits per heavy atom. The van der Waals surface area contributed by atoms with Gasteiger partial charge < -0.3 is 10.1 Å². The van der Waals surface area contributed by atoms with Crippen molar-refractivity contribution in [1.82, 2.24) is 4.98 Å². The van der Waals surface area contributed by atoms with Crippen LogP contribution in [0.4, 0.5) is 5.82 Å². The fourth-order valence-electron chi connectivity index (χ4n) is 2.84. The number of fused-ring (bicyclic) bond motifs is 1. The van der Waals surface area contributed by atoms with Crippen LogP contribution in [0.3, 0.4) is 0 Å². The number of esters is 1. The third-order valence-corrected chi connectivity index (χ3v) is 3.78. The molecule has 0 fully saturated rings. The van der Waals surface area contributed by atoms with Crippen LogP contribution in [0.25, 0.3) is 0 Å². The summed E-state index contributed by atoms with van der Waals surface area (Å²) < 4.78 is 5.26. The van der Waals surface area contributed by atoms with Crippen LogP contribution >= 0.6 is 0 Å². The third-order valence-electron chi connectivity index (χ3n) is 3.78. The van der Waals surface area contributed by atoms with Gasteiger partial charge in [-0.15, -0.1) is 0 Å². The minimum Gasteiger partial charge on any atom is -0.463 e. The summed E-state index contributed by atoms with van der Waals surface area (Å²) in [6.45, 7) is 4.06. The van der Waals surface area contributed by atoms with Crippen LogP contribution in [0.15, 0.2) is 59.9 Å². The Balaban J connectivity index is 2.17. The summed E-state index contributed by atoms with van der Waals surface area (Å²) in [6, 6.07) is 13.9. The number of aromatic nitrogens is 1. The maximum atomic E-state index is 12.5. The van der Waals surface area contributed by atoms with E-state index in [0.717, 1.165) is 22.6 Å². The summed E-state index contributed by atoms with van der Waals surface area (Å²) in [7, 11) is 0. The summed E-state index contributed by atoms with van der Waals surface area (Å²) in [6.07, 6.45) is 1.75. The molecule has 0 amide bonds. The van der Waals surface area contributed by atoms with Gasteiger partial charge in [-0.1, -0.05) is 36.4 Å². The smallest absolute Gasteiger partial charge is 0.336 e. The number of allylic oxidation sites excluding steroid dienone is 1. The van der Waals surface area contributed by atoms with E-state index in [2.05, 4.69) is 10.3 Å². The van der Waals surface area contributed by atoms with Crippen molar-refractivity contribution in [3.63, 3.8) is 0 Å². The molecule has 0 saturated heterocycles. The van der Waals surface area contributed by atoms with Gasteiger partial charge in [-0.05, 0) is 25.5 Å². The van der Waals surface area contributed by atoms with Crippen molar-refractivity contribution >= 4 is 11.8 Å². The summed E-state index contributed by atoms with van der Waals surface area (Å²) in [5.74, 6) is 0.350. The number of hydrogen-bond donors (Lipinski definition) is 1. The van der Waals surface area contributed by atoms with Crippen molar-refractivity contribution in [2.24, 2.45) is 0 Å². The van der Waals surface area contributed by atoms with Crippen molar-refractivity contribution < 1.29 is 9.53 Å². The van der Waals surface area contributed by atoms with Gasteiger partial charge in [-0.3, -0.25) is 0 Å². The van der Waals surface area contributed by atoms with E-state index < -0.39 is 0 Å². The van der Waals surface area contributed by atoms with Gasteiger partial charge in [0.2, 0.25) is 0 Å². The number of carbonyl (C=O) groups is 1. The van der Waals surface area contributed by atoms with Crippen LogP contribution in [0, 0.1) is 0 Å². The summed E-state index contributed by atoms with van der Waals surface area (Å²) >= 11 is 0. The molecule has 112 valence electrons. The van der Waals surface area contributed by atoms with Crippen LogP contribution < -0.4 is 5.32 Å². The second-order valence-corrected chi connectivity index (χ2v) is 5.17. The zero-order valence-electron chi connectivity index (χ0n) is 12.7. The molecular weight excluding hydrogens is 276 g/mol. The van der Waals surface area contributed by atoms with Gasteiger partial charge in [0.25, 0.3) is 0 Å². The van der Waals surface area contributed by atoms with Gasteiger partial charge in [0, 0.05) is 23.4 Å². The highest BCUT2D eigenvalue weighted by atomic mass is 16.5. The number of nitrogens with one attached hydrogen (secondary N) is 1. The van der Waals surface area contributed by atoms with Crippen molar-refractivity contribution in [2.75, 3.05) is 11.9 Å². The number of rotatable bonds is 3. The molecule has 3 rings (SSSR count). The Morgan fingerprint density at radius 3 is 2.73 bits per heavy atom. The molecule has 0 saturated carbocycles. The number of pyridine rings is 1. The van der Waals surface area contributed by atoms with Crippen LogP contribution in [-0.2, 0) is 9.53 Å². The van der Waals surface area contributed by atoms with Crippen molar-refractivity contribution in [2.45, 2.75) is 19.8 Å². The normalized spacial score (nSPS) is 16.7. The molecular formula is C18H18N2O2. The predicted octanol–water partition coefficient (Wildman–Crippen LogP) is 3.48. The molecule has 2 heterocycles. The maximum absolute atomic E-state index is 12.5. The van der Waals surface area contributed by atoms with Gasteiger partial charge in [-0.25, -0.2) is 9.78 Å². The second-order valence-electron chi connectivity index (χ2n) is 5.17. The zero-order valence-corrected chi connectivity index (χ0v) is 12.7. The molecule has 4 nitrogen and oxygen atoms in total. The lowest BCUT2D eigenvalue weighted by Gasteiger charge is -2.29. The molecule has 4 heteroatoms. The van der Waals surface area contributed by atoms with E-state index in [1.54, 1.807) is 6.20 Å². The number of benzene rings is 1. The zero-order chi connectivity index (χ0) is 15.5. The number of anilines is 1. The maximum Gasteiger partial charge on any atom is 0.336 e. The quantitative estimate of drug-likeness (QED) is 0.881. The average molecular weight is 294 g/mol. The number of ether oxygens (including phenoxy) is 1. The standard InChI is InChI=1S/C18H18N2O2/c1-3-22-18(21)15-12(2)20-17-14(10-7-11-19-17)16(15)13-8-5-4-6-9-13/h4-11,16H,3H2,1-2H3,(H,19,20). The minimum absolute atomic E-state index is 0.162. The van der Waals surface area contributed by atoms with Crippen LogP contribution in [0.1, 0.15) is 30.9 Å². The van der Waals surface area contributed by atoms with E-state index in [9.17, 15) is 4.79 Å². The van der Waals surface area contributed by atoms with Gasteiger partial charge in [-0.2, -0.15) is 0 Å². The summed E-state index contributed by atoms with van der Waals surface area (Å²) in [5, 5.41) is 3.22. The van der Waals surface area contributed by atoms with Gasteiger partial charge in [0.1, 0.15) is 5.82 Å². The van der Waals surface area contributed by atoms with E-state index >= 15 is 0 Å². The molecule has 22 heavy (non-hydrogen) atoms. The molecule has 1 aromatic carbocycles. The van der Waals surface area contributed by atoms with E-state index in [4.69, 9.17) is 4.74 Å². The van der Waals surface area contributed by atoms with Crippen LogP contribution in [-0.4, -0.2) is 17.6 Å². The molecule has 0 spiro atoms.